The van der Waals surface area contributed by atoms with Gasteiger partial charge in [0.25, 0.3) is 5.91 Å². The number of hydrogen-bond donors (Lipinski definition) is 1. The zero-order valence-electron chi connectivity index (χ0n) is 16.0. The zero-order chi connectivity index (χ0) is 20.8. The molecule has 0 radical (unpaired) electrons. The second kappa shape index (κ2) is 10.0. The summed E-state index contributed by atoms with van der Waals surface area (Å²) >= 11 is 13.8. The molecule has 0 fully saturated rings. The minimum atomic E-state index is -0.227. The van der Waals surface area contributed by atoms with E-state index in [0.29, 0.717) is 27.2 Å². The first-order valence-corrected chi connectivity index (χ1v) is 10.7. The highest BCUT2D eigenvalue weighted by atomic mass is 35.5. The Bertz CT molecular complexity index is 1010. The number of halogens is 2. The Labute approximate surface area is 183 Å². The highest BCUT2D eigenvalue weighted by Crippen LogP contribution is 2.28. The van der Waals surface area contributed by atoms with Crippen LogP contribution in [0.25, 0.3) is 5.69 Å². The summed E-state index contributed by atoms with van der Waals surface area (Å²) in [5, 5.41) is 13.1. The average Bonchev–Trinajstić information content (AvgIpc) is 3.15. The van der Waals surface area contributed by atoms with Crippen molar-refractivity contribution in [1.82, 2.24) is 20.1 Å². The van der Waals surface area contributed by atoms with Crippen LogP contribution in [0.1, 0.15) is 29.5 Å². The van der Waals surface area contributed by atoms with Crippen LogP contribution in [0.4, 0.5) is 0 Å². The van der Waals surface area contributed by atoms with Gasteiger partial charge in [-0.3, -0.25) is 9.36 Å². The molecule has 2 aromatic carbocycles. The van der Waals surface area contributed by atoms with Gasteiger partial charge in [0.15, 0.2) is 11.0 Å². The molecule has 152 valence electrons. The molecular formula is C20H20Cl2N4O2S. The Morgan fingerprint density at radius 3 is 2.72 bits per heavy atom. The van der Waals surface area contributed by atoms with Crippen LogP contribution in [0.3, 0.4) is 0 Å². The first kappa shape index (κ1) is 21.5. The fraction of sp³-hybridized carbons (Fsp3) is 0.250. The van der Waals surface area contributed by atoms with Crippen molar-refractivity contribution in [3.05, 3.63) is 63.9 Å². The van der Waals surface area contributed by atoms with Crippen LogP contribution in [-0.4, -0.2) is 33.5 Å². The summed E-state index contributed by atoms with van der Waals surface area (Å²) in [4.78, 5) is 12.5. The smallest absolute Gasteiger partial charge is 0.251 e. The maximum Gasteiger partial charge on any atom is 0.251 e. The predicted octanol–water partition coefficient (Wildman–Crippen LogP) is 5.01. The molecule has 1 heterocycles. The second-order valence-electron chi connectivity index (χ2n) is 6.10. The van der Waals surface area contributed by atoms with E-state index in [0.717, 1.165) is 23.0 Å². The summed E-state index contributed by atoms with van der Waals surface area (Å²) in [5.74, 6) is 1.89. The van der Waals surface area contributed by atoms with Crippen LogP contribution in [0, 0.1) is 0 Å². The van der Waals surface area contributed by atoms with Gasteiger partial charge < -0.3 is 10.1 Å². The number of aromatic nitrogens is 3. The van der Waals surface area contributed by atoms with Gasteiger partial charge in [0.2, 0.25) is 0 Å². The molecule has 9 heteroatoms. The Hall–Kier alpha value is -2.22. The molecule has 1 amide bonds. The number of ether oxygens (including phenoxy) is 1. The van der Waals surface area contributed by atoms with Gasteiger partial charge in [-0.25, -0.2) is 0 Å². The van der Waals surface area contributed by atoms with Gasteiger partial charge in [0.1, 0.15) is 5.75 Å². The molecule has 0 unspecified atom stereocenters. The SMILES string of the molecule is CCCSc1nnc(CNC(=O)c2cccc(OC)c2)n1-c1ccc(Cl)c(Cl)c1. The fourth-order valence-corrected chi connectivity index (χ4v) is 3.73. The summed E-state index contributed by atoms with van der Waals surface area (Å²) in [5.41, 5.74) is 1.29. The quantitative estimate of drug-likeness (QED) is 0.488. The van der Waals surface area contributed by atoms with Gasteiger partial charge in [-0.1, -0.05) is 48.0 Å². The lowest BCUT2D eigenvalue weighted by Gasteiger charge is -2.12. The molecule has 0 saturated carbocycles. The molecule has 1 aromatic heterocycles. The monoisotopic (exact) mass is 450 g/mol. The van der Waals surface area contributed by atoms with Crippen LogP contribution in [-0.2, 0) is 6.54 Å². The number of benzene rings is 2. The highest BCUT2D eigenvalue weighted by Gasteiger charge is 2.16. The third-order valence-electron chi connectivity index (χ3n) is 4.04. The van der Waals surface area contributed by atoms with Crippen molar-refractivity contribution >= 4 is 40.9 Å². The van der Waals surface area contributed by atoms with Gasteiger partial charge in [-0.2, -0.15) is 0 Å². The molecule has 3 rings (SSSR count). The Morgan fingerprint density at radius 1 is 1.17 bits per heavy atom. The van der Waals surface area contributed by atoms with Crippen molar-refractivity contribution < 1.29 is 9.53 Å². The number of thioether (sulfide) groups is 1. The van der Waals surface area contributed by atoms with Crippen LogP contribution in [0.5, 0.6) is 5.75 Å². The molecule has 29 heavy (non-hydrogen) atoms. The average molecular weight is 451 g/mol. The van der Waals surface area contributed by atoms with Gasteiger partial charge in [-0.15, -0.1) is 10.2 Å². The number of nitrogens with one attached hydrogen (secondary N) is 1. The first-order valence-electron chi connectivity index (χ1n) is 8.98. The molecular weight excluding hydrogens is 431 g/mol. The normalized spacial score (nSPS) is 10.8. The van der Waals surface area contributed by atoms with Crippen molar-refractivity contribution in [3.63, 3.8) is 0 Å². The van der Waals surface area contributed by atoms with E-state index in [1.807, 2.05) is 10.6 Å². The Balaban J connectivity index is 1.85. The molecule has 3 aromatic rings. The third-order valence-corrected chi connectivity index (χ3v) is 5.91. The summed E-state index contributed by atoms with van der Waals surface area (Å²) in [7, 11) is 1.56. The van der Waals surface area contributed by atoms with Crippen molar-refractivity contribution in [2.75, 3.05) is 12.9 Å². The lowest BCUT2D eigenvalue weighted by molar-refractivity contribution is 0.0949. The molecule has 0 bridgehead atoms. The van der Waals surface area contributed by atoms with E-state index in [9.17, 15) is 4.79 Å². The minimum Gasteiger partial charge on any atom is -0.497 e. The lowest BCUT2D eigenvalue weighted by atomic mass is 10.2. The van der Waals surface area contributed by atoms with Crippen LogP contribution < -0.4 is 10.1 Å². The van der Waals surface area contributed by atoms with E-state index < -0.39 is 0 Å². The third kappa shape index (κ3) is 5.23. The van der Waals surface area contributed by atoms with E-state index in [2.05, 4.69) is 22.4 Å². The molecule has 0 atom stereocenters. The summed E-state index contributed by atoms with van der Waals surface area (Å²) < 4.78 is 7.06. The minimum absolute atomic E-state index is 0.204. The number of methoxy groups -OCH3 is 1. The first-order chi connectivity index (χ1) is 14.0. The summed E-state index contributed by atoms with van der Waals surface area (Å²) in [6, 6.07) is 12.3. The molecule has 0 saturated heterocycles. The van der Waals surface area contributed by atoms with Gasteiger partial charge in [0.05, 0.1) is 29.4 Å². The van der Waals surface area contributed by atoms with E-state index in [1.165, 1.54) is 0 Å². The second-order valence-corrected chi connectivity index (χ2v) is 7.97. The lowest BCUT2D eigenvalue weighted by Crippen LogP contribution is -2.24. The summed E-state index contributed by atoms with van der Waals surface area (Å²) in [6.07, 6.45) is 1.00. The summed E-state index contributed by atoms with van der Waals surface area (Å²) in [6.45, 7) is 2.30. The molecule has 0 aliphatic rings. The highest BCUT2D eigenvalue weighted by molar-refractivity contribution is 7.99. The largest absolute Gasteiger partial charge is 0.497 e. The molecule has 0 aliphatic heterocycles. The van der Waals surface area contributed by atoms with Crippen LogP contribution in [0.2, 0.25) is 10.0 Å². The molecule has 1 N–H and O–H groups in total. The Morgan fingerprint density at radius 2 is 2.00 bits per heavy atom. The van der Waals surface area contributed by atoms with Crippen LogP contribution in [0.15, 0.2) is 47.6 Å². The van der Waals surface area contributed by atoms with Crippen molar-refractivity contribution in [3.8, 4) is 11.4 Å². The van der Waals surface area contributed by atoms with E-state index in [4.69, 9.17) is 27.9 Å². The molecule has 6 nitrogen and oxygen atoms in total. The van der Waals surface area contributed by atoms with Crippen LogP contribution >= 0.6 is 35.0 Å². The number of carbonyl (C=O) groups is 1. The Kier molecular flexibility index (Phi) is 7.41. The van der Waals surface area contributed by atoms with Crippen molar-refractivity contribution in [2.24, 2.45) is 0 Å². The van der Waals surface area contributed by atoms with E-state index in [1.54, 1.807) is 55.3 Å². The molecule has 0 spiro atoms. The van der Waals surface area contributed by atoms with E-state index >= 15 is 0 Å². The van der Waals surface area contributed by atoms with Crippen molar-refractivity contribution in [1.29, 1.82) is 0 Å². The van der Waals surface area contributed by atoms with E-state index in [-0.39, 0.29) is 12.5 Å². The molecule has 0 aliphatic carbocycles. The number of hydrogen-bond acceptors (Lipinski definition) is 5. The number of amides is 1. The maximum atomic E-state index is 12.5. The standard InChI is InChI=1S/C20H20Cl2N4O2S/c1-3-9-29-20-25-24-18(26(20)14-7-8-16(21)17(22)11-14)12-23-19(27)13-5-4-6-15(10-13)28-2/h4-8,10-11H,3,9,12H2,1-2H3,(H,23,27). The maximum absolute atomic E-state index is 12.5. The number of rotatable bonds is 8. The van der Waals surface area contributed by atoms with Gasteiger partial charge in [0, 0.05) is 11.3 Å². The zero-order valence-corrected chi connectivity index (χ0v) is 18.3. The number of carbonyl (C=O) groups excluding carboxylic acids is 1. The fourth-order valence-electron chi connectivity index (χ4n) is 2.61. The van der Waals surface area contributed by atoms with Crippen molar-refractivity contribution in [2.45, 2.75) is 25.0 Å². The predicted molar refractivity (Wildman–Crippen MR) is 117 cm³/mol. The van der Waals surface area contributed by atoms with Gasteiger partial charge >= 0.3 is 0 Å². The van der Waals surface area contributed by atoms with Gasteiger partial charge in [-0.05, 0) is 42.8 Å². The topological polar surface area (TPSA) is 69.0 Å². The number of nitrogens with zero attached hydrogens (tertiary/aromatic N) is 3.